The summed E-state index contributed by atoms with van der Waals surface area (Å²) >= 11 is 1.34. The Morgan fingerprint density at radius 3 is 2.13 bits per heavy atom. The molecular weight excluding hydrogens is 689 g/mol. The number of allylic oxidation sites excluding steroid dienone is 1. The molecule has 0 unspecified atom stereocenters. The van der Waals surface area contributed by atoms with E-state index in [1.165, 1.54) is 11.3 Å². The van der Waals surface area contributed by atoms with Gasteiger partial charge >= 0.3 is 0 Å². The number of thiazole rings is 1. The lowest BCUT2D eigenvalue weighted by molar-refractivity contribution is -0.127. The Kier molecular flexibility index (Phi) is 9.44. The van der Waals surface area contributed by atoms with E-state index < -0.39 is 6.04 Å². The molecule has 3 heterocycles. The number of methoxy groups -OCH3 is 1. The highest BCUT2D eigenvalue weighted by Crippen LogP contribution is 2.41. The molecule has 5 aromatic carbocycles. The quantitative estimate of drug-likeness (QED) is 0.150. The summed E-state index contributed by atoms with van der Waals surface area (Å²) in [4.78, 5) is 36.9. The lowest BCUT2D eigenvalue weighted by Crippen LogP contribution is -2.43. The monoisotopic (exact) mass is 728 g/mol. The van der Waals surface area contributed by atoms with Crippen LogP contribution < -0.4 is 19.6 Å². The second-order valence-electron chi connectivity index (χ2n) is 13.2. The number of rotatable bonds is 9. The molecule has 8 rings (SSSR count). The highest BCUT2D eigenvalue weighted by atomic mass is 32.1. The van der Waals surface area contributed by atoms with Crippen molar-refractivity contribution in [2.45, 2.75) is 26.8 Å². The van der Waals surface area contributed by atoms with Crippen molar-refractivity contribution in [1.29, 1.82) is 0 Å². The van der Waals surface area contributed by atoms with Gasteiger partial charge in [-0.3, -0.25) is 14.2 Å². The molecule has 0 spiro atoms. The summed E-state index contributed by atoms with van der Waals surface area (Å²) in [5.74, 6) is 0.459. The normalized spacial score (nSPS) is 14.2. The van der Waals surface area contributed by atoms with Crippen LogP contribution in [-0.2, 0) is 4.79 Å². The number of para-hydroxylation sites is 1. The SMILES string of the molecule is CCN(CC)C(=O)C1=C(C)N=c2s/c(=C/c3cc(-c4ccccc4)n(-c4ccccc4)c3-c3ccccc3)c(=O)n2[C@@H]1c1c(OC)ccc2ccccc12. The Balaban J connectivity index is 1.43. The number of hydrogen-bond acceptors (Lipinski definition) is 5. The van der Waals surface area contributed by atoms with Crippen LogP contribution in [0.4, 0.5) is 0 Å². The minimum Gasteiger partial charge on any atom is -0.496 e. The van der Waals surface area contributed by atoms with E-state index in [4.69, 9.17) is 9.73 Å². The molecule has 268 valence electrons. The summed E-state index contributed by atoms with van der Waals surface area (Å²) in [5, 5.41) is 1.90. The van der Waals surface area contributed by atoms with E-state index in [1.807, 2.05) is 118 Å². The van der Waals surface area contributed by atoms with Gasteiger partial charge in [0.15, 0.2) is 4.80 Å². The Bertz CT molecular complexity index is 2720. The predicted octanol–water partition coefficient (Wildman–Crippen LogP) is 8.39. The summed E-state index contributed by atoms with van der Waals surface area (Å²) in [6.07, 6.45) is 1.99. The maximum atomic E-state index is 15.1. The highest BCUT2D eigenvalue weighted by molar-refractivity contribution is 7.07. The van der Waals surface area contributed by atoms with E-state index in [9.17, 15) is 4.79 Å². The van der Waals surface area contributed by atoms with Crippen molar-refractivity contribution < 1.29 is 9.53 Å². The standard InChI is InChI=1S/C46H40N4O3S/c1-5-48(6-2)45(52)40-30(3)47-46-50(43(40)41-36-25-17-16-18-31(36)26-27-38(41)53-4)44(51)39(54-46)29-34-28-37(32-19-10-7-11-20-32)49(35-23-14-9-15-24-35)42(34)33-21-12-8-13-22-33/h7-29,43H,5-6H2,1-4H3/b39-29+/t43-/m0/s1. The third-order valence-electron chi connectivity index (χ3n) is 10.2. The first-order chi connectivity index (χ1) is 26.4. The third kappa shape index (κ3) is 5.98. The number of fused-ring (bicyclic) bond motifs is 2. The number of amides is 1. The first kappa shape index (κ1) is 34.8. The fourth-order valence-electron chi connectivity index (χ4n) is 7.62. The smallest absolute Gasteiger partial charge is 0.271 e. The minimum absolute atomic E-state index is 0.144. The number of likely N-dealkylation sites (N-methyl/N-ethyl adjacent to an activating group) is 1. The number of carbonyl (C=O) groups is 1. The first-order valence-electron chi connectivity index (χ1n) is 18.2. The molecule has 0 saturated heterocycles. The number of benzene rings is 5. The van der Waals surface area contributed by atoms with E-state index in [2.05, 4.69) is 47.0 Å². The molecule has 1 amide bonds. The first-order valence-corrected chi connectivity index (χ1v) is 19.0. The zero-order chi connectivity index (χ0) is 37.3. The van der Waals surface area contributed by atoms with Crippen LogP contribution in [0.3, 0.4) is 0 Å². The topological polar surface area (TPSA) is 68.8 Å². The van der Waals surface area contributed by atoms with Crippen LogP contribution in [-0.4, -0.2) is 40.1 Å². The van der Waals surface area contributed by atoms with E-state index in [0.29, 0.717) is 39.4 Å². The molecule has 0 radical (unpaired) electrons. The summed E-state index contributed by atoms with van der Waals surface area (Å²) in [5.41, 5.74) is 7.54. The van der Waals surface area contributed by atoms with Gasteiger partial charge in [-0.25, -0.2) is 4.99 Å². The van der Waals surface area contributed by atoms with Crippen molar-refractivity contribution in [3.8, 4) is 34.0 Å². The van der Waals surface area contributed by atoms with Crippen LogP contribution in [0, 0.1) is 0 Å². The Hall–Kier alpha value is -6.25. The van der Waals surface area contributed by atoms with Crippen LogP contribution in [0.25, 0.3) is 45.1 Å². The largest absolute Gasteiger partial charge is 0.496 e. The van der Waals surface area contributed by atoms with Gasteiger partial charge in [-0.2, -0.15) is 0 Å². The number of hydrogen-bond donors (Lipinski definition) is 0. The van der Waals surface area contributed by atoms with Crippen LogP contribution >= 0.6 is 11.3 Å². The fourth-order valence-corrected chi connectivity index (χ4v) is 8.66. The summed E-state index contributed by atoms with van der Waals surface area (Å²) < 4.78 is 10.5. The Morgan fingerprint density at radius 2 is 1.46 bits per heavy atom. The zero-order valence-electron chi connectivity index (χ0n) is 30.7. The number of aromatic nitrogens is 2. The van der Waals surface area contributed by atoms with Gasteiger partial charge < -0.3 is 14.2 Å². The van der Waals surface area contributed by atoms with Crippen molar-refractivity contribution in [1.82, 2.24) is 14.0 Å². The molecule has 7 aromatic rings. The van der Waals surface area contributed by atoms with E-state index in [1.54, 1.807) is 16.6 Å². The van der Waals surface area contributed by atoms with Crippen LogP contribution in [0.15, 0.2) is 155 Å². The van der Waals surface area contributed by atoms with Gasteiger partial charge in [0.05, 0.1) is 34.3 Å². The van der Waals surface area contributed by atoms with Gasteiger partial charge in [0.2, 0.25) is 0 Å². The van der Waals surface area contributed by atoms with Gasteiger partial charge in [0, 0.05) is 29.9 Å². The van der Waals surface area contributed by atoms with Crippen LogP contribution in [0.1, 0.15) is 37.9 Å². The summed E-state index contributed by atoms with van der Waals surface area (Å²) in [6.45, 7) is 6.87. The molecular formula is C46H40N4O3S. The van der Waals surface area contributed by atoms with E-state index in [0.717, 1.165) is 50.1 Å². The number of ether oxygens (including phenoxy) is 1. The molecule has 1 aliphatic rings. The molecule has 0 bridgehead atoms. The predicted molar refractivity (Wildman–Crippen MR) is 219 cm³/mol. The molecule has 2 aromatic heterocycles. The highest BCUT2D eigenvalue weighted by Gasteiger charge is 2.37. The number of carbonyl (C=O) groups excluding carboxylic acids is 1. The van der Waals surface area contributed by atoms with Gasteiger partial charge in [-0.1, -0.05) is 121 Å². The van der Waals surface area contributed by atoms with E-state index >= 15 is 4.79 Å². The van der Waals surface area contributed by atoms with Crippen molar-refractivity contribution in [2.75, 3.05) is 20.2 Å². The van der Waals surface area contributed by atoms with Crippen molar-refractivity contribution in [3.63, 3.8) is 0 Å². The average Bonchev–Trinajstić information content (AvgIpc) is 3.74. The second kappa shape index (κ2) is 14.6. The van der Waals surface area contributed by atoms with Gasteiger partial charge in [-0.15, -0.1) is 0 Å². The second-order valence-corrected chi connectivity index (χ2v) is 14.2. The third-order valence-corrected chi connectivity index (χ3v) is 11.2. The van der Waals surface area contributed by atoms with Crippen LogP contribution in [0.2, 0.25) is 0 Å². The van der Waals surface area contributed by atoms with Crippen molar-refractivity contribution in [3.05, 3.63) is 176 Å². The van der Waals surface area contributed by atoms with E-state index in [-0.39, 0.29) is 11.5 Å². The molecule has 0 fully saturated rings. The average molecular weight is 729 g/mol. The van der Waals surface area contributed by atoms with Gasteiger partial charge in [0.25, 0.3) is 11.5 Å². The van der Waals surface area contributed by atoms with Crippen LogP contribution in [0.5, 0.6) is 5.75 Å². The summed E-state index contributed by atoms with van der Waals surface area (Å²) in [6, 6.07) is 44.3. The van der Waals surface area contributed by atoms with Crippen molar-refractivity contribution >= 4 is 34.1 Å². The molecule has 0 saturated carbocycles. The molecule has 7 nitrogen and oxygen atoms in total. The Morgan fingerprint density at radius 1 is 0.833 bits per heavy atom. The molecule has 54 heavy (non-hydrogen) atoms. The molecule has 8 heteroatoms. The molecule has 1 aliphatic heterocycles. The maximum Gasteiger partial charge on any atom is 0.271 e. The van der Waals surface area contributed by atoms with Gasteiger partial charge in [-0.05, 0) is 73.0 Å². The summed E-state index contributed by atoms with van der Waals surface area (Å²) in [7, 11) is 1.63. The molecule has 1 atom stereocenters. The minimum atomic E-state index is -0.764. The fraction of sp³-hybridized carbons (Fsp3) is 0.152. The Labute approximate surface area is 318 Å². The van der Waals surface area contributed by atoms with Crippen molar-refractivity contribution in [2.24, 2.45) is 4.99 Å². The van der Waals surface area contributed by atoms with Gasteiger partial charge in [0.1, 0.15) is 11.8 Å². The maximum absolute atomic E-state index is 15.1. The lowest BCUT2D eigenvalue weighted by Gasteiger charge is -2.30. The number of nitrogens with zero attached hydrogens (tertiary/aromatic N) is 4. The zero-order valence-corrected chi connectivity index (χ0v) is 31.5. The lowest BCUT2D eigenvalue weighted by atomic mass is 9.90. The molecule has 0 N–H and O–H groups in total. The molecule has 0 aliphatic carbocycles.